The molecule has 0 saturated carbocycles. The predicted molar refractivity (Wildman–Crippen MR) is 54.3 cm³/mol. The maximum atomic E-state index is 12.4. The van der Waals surface area contributed by atoms with Gasteiger partial charge in [-0.25, -0.2) is 0 Å². The van der Waals surface area contributed by atoms with Crippen molar-refractivity contribution in [2.75, 3.05) is 6.54 Å². The molecule has 0 radical (unpaired) electrons. The second-order valence-corrected chi connectivity index (χ2v) is 3.13. The van der Waals surface area contributed by atoms with Crippen molar-refractivity contribution >= 4 is 11.9 Å². The van der Waals surface area contributed by atoms with Crippen molar-refractivity contribution in [1.82, 2.24) is 0 Å². The van der Waals surface area contributed by atoms with Crippen LogP contribution in [0.3, 0.4) is 0 Å². The van der Waals surface area contributed by atoms with Gasteiger partial charge in [0, 0.05) is 6.21 Å². The van der Waals surface area contributed by atoms with Gasteiger partial charge in [0.15, 0.2) is 0 Å². The number of nitrogens with zero attached hydrogens (tertiary/aromatic N) is 2. The fourth-order valence-corrected chi connectivity index (χ4v) is 1.05. The van der Waals surface area contributed by atoms with E-state index in [9.17, 15) is 13.2 Å². The second kappa shape index (κ2) is 4.87. The highest BCUT2D eigenvalue weighted by Gasteiger charge is 2.30. The Bertz CT molecular complexity index is 410. The Kier molecular flexibility index (Phi) is 3.76. The van der Waals surface area contributed by atoms with Crippen molar-refractivity contribution in [3.63, 3.8) is 0 Å². The van der Waals surface area contributed by atoms with Crippen LogP contribution in [-0.2, 0) is 6.18 Å². The van der Waals surface area contributed by atoms with Crippen molar-refractivity contribution in [3.05, 3.63) is 29.3 Å². The molecule has 0 unspecified atom stereocenters. The maximum Gasteiger partial charge on any atom is 0.416 e. The van der Waals surface area contributed by atoms with E-state index in [1.165, 1.54) is 6.07 Å². The number of hydrogen-bond donors (Lipinski definition) is 1. The molecule has 0 heterocycles. The van der Waals surface area contributed by atoms with Crippen LogP contribution in [0.1, 0.15) is 11.1 Å². The summed E-state index contributed by atoms with van der Waals surface area (Å²) in [5.74, 6) is 0. The van der Waals surface area contributed by atoms with Crippen molar-refractivity contribution in [1.29, 1.82) is 5.41 Å². The summed E-state index contributed by atoms with van der Waals surface area (Å²) in [6.45, 7) is 1.72. The Labute approximate surface area is 90.5 Å². The van der Waals surface area contributed by atoms with Gasteiger partial charge in [-0.2, -0.15) is 23.4 Å². The largest absolute Gasteiger partial charge is 0.416 e. The SMILES string of the molecule is Cc1ccc(C(F)(F)F)cc1N=NCC=N. The van der Waals surface area contributed by atoms with Crippen LogP contribution < -0.4 is 0 Å². The van der Waals surface area contributed by atoms with E-state index in [-0.39, 0.29) is 12.2 Å². The quantitative estimate of drug-likeness (QED) is 0.606. The van der Waals surface area contributed by atoms with E-state index in [0.717, 1.165) is 18.3 Å². The zero-order valence-corrected chi connectivity index (χ0v) is 8.54. The molecule has 0 aliphatic rings. The van der Waals surface area contributed by atoms with Crippen LogP contribution >= 0.6 is 0 Å². The molecule has 0 atom stereocenters. The molecule has 0 aliphatic heterocycles. The van der Waals surface area contributed by atoms with E-state index in [4.69, 9.17) is 5.41 Å². The Morgan fingerprint density at radius 3 is 2.62 bits per heavy atom. The van der Waals surface area contributed by atoms with Crippen molar-refractivity contribution in [3.8, 4) is 0 Å². The lowest BCUT2D eigenvalue weighted by Crippen LogP contribution is -2.04. The van der Waals surface area contributed by atoms with E-state index in [2.05, 4.69) is 10.2 Å². The minimum absolute atomic E-state index is 0.0652. The fourth-order valence-electron chi connectivity index (χ4n) is 1.05. The number of halogens is 3. The molecule has 3 nitrogen and oxygen atoms in total. The Balaban J connectivity index is 3.04. The van der Waals surface area contributed by atoms with E-state index < -0.39 is 11.7 Å². The third-order valence-electron chi connectivity index (χ3n) is 1.89. The maximum absolute atomic E-state index is 12.4. The molecule has 0 fully saturated rings. The van der Waals surface area contributed by atoms with E-state index in [1.54, 1.807) is 6.92 Å². The molecule has 0 amide bonds. The molecule has 0 spiro atoms. The molecular formula is C10H10F3N3. The van der Waals surface area contributed by atoms with Gasteiger partial charge in [-0.15, -0.1) is 0 Å². The lowest BCUT2D eigenvalue weighted by Gasteiger charge is -2.07. The predicted octanol–water partition coefficient (Wildman–Crippen LogP) is 3.75. The van der Waals surface area contributed by atoms with E-state index in [0.29, 0.717) is 5.56 Å². The van der Waals surface area contributed by atoms with Crippen LogP contribution in [0.4, 0.5) is 18.9 Å². The average Bonchev–Trinajstić information content (AvgIpc) is 2.19. The number of hydrogen-bond acceptors (Lipinski definition) is 3. The number of alkyl halides is 3. The van der Waals surface area contributed by atoms with Crippen LogP contribution in [0, 0.1) is 12.3 Å². The summed E-state index contributed by atoms with van der Waals surface area (Å²) in [7, 11) is 0. The minimum Gasteiger partial charge on any atom is -0.311 e. The molecule has 16 heavy (non-hydrogen) atoms. The molecule has 1 N–H and O–H groups in total. The zero-order valence-electron chi connectivity index (χ0n) is 8.54. The van der Waals surface area contributed by atoms with Crippen LogP contribution in [-0.4, -0.2) is 12.8 Å². The zero-order chi connectivity index (χ0) is 12.2. The lowest BCUT2D eigenvalue weighted by molar-refractivity contribution is -0.137. The van der Waals surface area contributed by atoms with Crippen molar-refractivity contribution in [2.24, 2.45) is 10.2 Å². The first kappa shape index (κ1) is 12.4. The summed E-state index contributed by atoms with van der Waals surface area (Å²) in [5, 5.41) is 13.9. The topological polar surface area (TPSA) is 48.6 Å². The van der Waals surface area contributed by atoms with Crippen LogP contribution in [0.2, 0.25) is 0 Å². The van der Waals surface area contributed by atoms with Gasteiger partial charge in [-0.3, -0.25) is 0 Å². The molecule has 1 aromatic rings. The molecule has 0 aromatic heterocycles. The summed E-state index contributed by atoms with van der Waals surface area (Å²) >= 11 is 0. The first-order valence-corrected chi connectivity index (χ1v) is 4.49. The van der Waals surface area contributed by atoms with Gasteiger partial charge >= 0.3 is 6.18 Å². The molecule has 1 rings (SSSR count). The molecule has 0 saturated heterocycles. The number of nitrogens with one attached hydrogen (secondary N) is 1. The standard InChI is InChI=1S/C10H10F3N3/c1-7-2-3-8(10(11,12)13)6-9(7)16-15-5-4-14/h2-4,6,14H,5H2,1H3. The summed E-state index contributed by atoms with van der Waals surface area (Å²) in [6.07, 6.45) is -3.36. The third-order valence-corrected chi connectivity index (χ3v) is 1.89. The molecule has 1 aromatic carbocycles. The average molecular weight is 229 g/mol. The number of rotatable bonds is 3. The normalized spacial score (nSPS) is 12.0. The third kappa shape index (κ3) is 3.15. The molecule has 0 bridgehead atoms. The smallest absolute Gasteiger partial charge is 0.311 e. The highest BCUT2D eigenvalue weighted by atomic mass is 19.4. The minimum atomic E-state index is -4.38. The fraction of sp³-hybridized carbons (Fsp3) is 0.300. The Hall–Kier alpha value is -1.72. The van der Waals surface area contributed by atoms with Gasteiger partial charge in [0.05, 0.1) is 17.8 Å². The second-order valence-electron chi connectivity index (χ2n) is 3.13. The van der Waals surface area contributed by atoms with E-state index in [1.807, 2.05) is 0 Å². The van der Waals surface area contributed by atoms with Crippen LogP contribution in [0.25, 0.3) is 0 Å². The summed E-state index contributed by atoms with van der Waals surface area (Å²) in [4.78, 5) is 0. The summed E-state index contributed by atoms with van der Waals surface area (Å²) < 4.78 is 37.1. The van der Waals surface area contributed by atoms with Crippen molar-refractivity contribution in [2.45, 2.75) is 13.1 Å². The highest BCUT2D eigenvalue weighted by molar-refractivity contribution is 5.55. The highest BCUT2D eigenvalue weighted by Crippen LogP contribution is 2.32. The molecule has 6 heteroatoms. The first-order chi connectivity index (χ1) is 7.45. The number of benzene rings is 1. The van der Waals surface area contributed by atoms with Gasteiger partial charge in [0.1, 0.15) is 0 Å². The lowest BCUT2D eigenvalue weighted by atomic mass is 10.1. The van der Waals surface area contributed by atoms with Gasteiger partial charge in [-0.1, -0.05) is 6.07 Å². The summed E-state index contributed by atoms with van der Waals surface area (Å²) in [6, 6.07) is 3.30. The Morgan fingerprint density at radius 2 is 2.06 bits per heavy atom. The van der Waals surface area contributed by atoms with Gasteiger partial charge in [-0.05, 0) is 24.6 Å². The van der Waals surface area contributed by atoms with E-state index >= 15 is 0 Å². The number of aryl methyl sites for hydroxylation is 1. The molecule has 0 aliphatic carbocycles. The van der Waals surface area contributed by atoms with Gasteiger partial charge in [0.2, 0.25) is 0 Å². The monoisotopic (exact) mass is 229 g/mol. The summed E-state index contributed by atoms with van der Waals surface area (Å²) in [5.41, 5.74) is 0.0420. The van der Waals surface area contributed by atoms with Gasteiger partial charge < -0.3 is 5.41 Å². The first-order valence-electron chi connectivity index (χ1n) is 4.49. The molecular weight excluding hydrogens is 219 g/mol. The van der Waals surface area contributed by atoms with Crippen LogP contribution in [0.5, 0.6) is 0 Å². The van der Waals surface area contributed by atoms with Crippen LogP contribution in [0.15, 0.2) is 28.4 Å². The number of azo groups is 1. The Morgan fingerprint density at radius 1 is 1.38 bits per heavy atom. The van der Waals surface area contributed by atoms with Crippen molar-refractivity contribution < 1.29 is 13.2 Å². The van der Waals surface area contributed by atoms with Gasteiger partial charge in [0.25, 0.3) is 0 Å². The molecule has 86 valence electrons.